The second-order valence-corrected chi connectivity index (χ2v) is 3.76. The van der Waals surface area contributed by atoms with Crippen molar-refractivity contribution in [2.45, 2.75) is 13.8 Å². The Bertz CT molecular complexity index is 565. The highest BCUT2D eigenvalue weighted by molar-refractivity contribution is 5.64. The Morgan fingerprint density at radius 3 is 2.44 bits per heavy atom. The lowest BCUT2D eigenvalue weighted by Crippen LogP contribution is -1.92. The zero-order valence-corrected chi connectivity index (χ0v) is 9.36. The number of nitrogens with zero attached hydrogens (tertiary/aromatic N) is 2. The minimum Gasteiger partial charge on any atom is -0.252 e. The van der Waals surface area contributed by atoms with E-state index in [0.717, 1.165) is 17.0 Å². The van der Waals surface area contributed by atoms with E-state index in [4.69, 9.17) is 5.26 Å². The fourth-order valence-corrected chi connectivity index (χ4v) is 1.69. The van der Waals surface area contributed by atoms with E-state index in [1.165, 1.54) is 5.56 Å². The van der Waals surface area contributed by atoms with Crippen molar-refractivity contribution in [1.82, 2.24) is 4.98 Å². The molecule has 0 fully saturated rings. The number of rotatable bonds is 1. The van der Waals surface area contributed by atoms with Gasteiger partial charge >= 0.3 is 0 Å². The van der Waals surface area contributed by atoms with Crippen LogP contribution in [-0.2, 0) is 0 Å². The lowest BCUT2D eigenvalue weighted by atomic mass is 10.0. The number of hydrogen-bond acceptors (Lipinski definition) is 2. The van der Waals surface area contributed by atoms with E-state index in [1.54, 1.807) is 0 Å². The van der Waals surface area contributed by atoms with Gasteiger partial charge in [0.2, 0.25) is 0 Å². The molecule has 0 saturated carbocycles. The van der Waals surface area contributed by atoms with Crippen molar-refractivity contribution in [1.29, 1.82) is 5.26 Å². The van der Waals surface area contributed by atoms with E-state index in [1.807, 2.05) is 37.3 Å². The van der Waals surface area contributed by atoms with Crippen LogP contribution in [0.15, 0.2) is 36.4 Å². The Kier molecular flexibility index (Phi) is 2.70. The molecule has 2 rings (SSSR count). The summed E-state index contributed by atoms with van der Waals surface area (Å²) in [6.45, 7) is 3.92. The van der Waals surface area contributed by atoms with Crippen molar-refractivity contribution >= 4 is 0 Å². The molecule has 78 valence electrons. The van der Waals surface area contributed by atoms with E-state index < -0.39 is 0 Å². The summed E-state index contributed by atoms with van der Waals surface area (Å²) in [6, 6.07) is 14.0. The normalized spacial score (nSPS) is 9.81. The average Bonchev–Trinajstić information content (AvgIpc) is 2.29. The number of nitriles is 1. The average molecular weight is 208 g/mol. The third-order valence-electron chi connectivity index (χ3n) is 2.63. The zero-order valence-electron chi connectivity index (χ0n) is 9.36. The number of pyridine rings is 1. The highest BCUT2D eigenvalue weighted by Crippen LogP contribution is 2.21. The van der Waals surface area contributed by atoms with Crippen LogP contribution >= 0.6 is 0 Å². The molecular weight excluding hydrogens is 196 g/mol. The van der Waals surface area contributed by atoms with Crippen molar-refractivity contribution in [3.8, 4) is 17.3 Å². The smallest absolute Gasteiger partial charge is 0.101 e. The van der Waals surface area contributed by atoms with Crippen molar-refractivity contribution in [3.05, 3.63) is 53.2 Å². The van der Waals surface area contributed by atoms with E-state index in [-0.39, 0.29) is 0 Å². The topological polar surface area (TPSA) is 36.7 Å². The third kappa shape index (κ3) is 1.80. The van der Waals surface area contributed by atoms with E-state index in [0.29, 0.717) is 5.56 Å². The van der Waals surface area contributed by atoms with Crippen LogP contribution in [0.1, 0.15) is 16.8 Å². The maximum absolute atomic E-state index is 8.84. The summed E-state index contributed by atoms with van der Waals surface area (Å²) < 4.78 is 0. The van der Waals surface area contributed by atoms with Gasteiger partial charge in [0, 0.05) is 5.56 Å². The number of aryl methyl sites for hydroxylation is 2. The Morgan fingerprint density at radius 1 is 1.06 bits per heavy atom. The van der Waals surface area contributed by atoms with Crippen LogP contribution in [0.5, 0.6) is 0 Å². The molecule has 1 heterocycles. The molecule has 0 amide bonds. The largest absolute Gasteiger partial charge is 0.252 e. The fourth-order valence-electron chi connectivity index (χ4n) is 1.69. The first-order valence-electron chi connectivity index (χ1n) is 5.16. The van der Waals surface area contributed by atoms with Gasteiger partial charge in [-0.15, -0.1) is 0 Å². The summed E-state index contributed by atoms with van der Waals surface area (Å²) in [5.74, 6) is 0. The van der Waals surface area contributed by atoms with E-state index in [2.05, 4.69) is 24.0 Å². The van der Waals surface area contributed by atoms with Crippen LogP contribution in [0.25, 0.3) is 11.3 Å². The molecule has 2 heteroatoms. The number of aromatic nitrogens is 1. The lowest BCUT2D eigenvalue weighted by Gasteiger charge is -2.06. The Hall–Kier alpha value is -2.14. The van der Waals surface area contributed by atoms with Gasteiger partial charge < -0.3 is 0 Å². The second kappa shape index (κ2) is 4.16. The standard InChI is InChI=1S/C14H12N2/c1-10-5-3-4-6-13(10)14-8-7-12(9-15)11(2)16-14/h3-8H,1-2H3. The molecule has 0 aliphatic heterocycles. The molecule has 0 aliphatic carbocycles. The van der Waals surface area contributed by atoms with E-state index >= 15 is 0 Å². The second-order valence-electron chi connectivity index (χ2n) is 3.76. The fraction of sp³-hybridized carbons (Fsp3) is 0.143. The third-order valence-corrected chi connectivity index (χ3v) is 2.63. The highest BCUT2D eigenvalue weighted by atomic mass is 14.7. The molecule has 0 unspecified atom stereocenters. The predicted molar refractivity (Wildman–Crippen MR) is 63.9 cm³/mol. The highest BCUT2D eigenvalue weighted by Gasteiger charge is 2.05. The molecule has 0 spiro atoms. The predicted octanol–water partition coefficient (Wildman–Crippen LogP) is 3.24. The summed E-state index contributed by atoms with van der Waals surface area (Å²) in [5, 5.41) is 8.84. The molecule has 0 atom stereocenters. The van der Waals surface area contributed by atoms with E-state index in [9.17, 15) is 0 Å². The molecule has 0 bridgehead atoms. The molecular formula is C14H12N2. The molecule has 16 heavy (non-hydrogen) atoms. The molecule has 0 aliphatic rings. The summed E-state index contributed by atoms with van der Waals surface area (Å²) in [7, 11) is 0. The molecule has 2 nitrogen and oxygen atoms in total. The summed E-state index contributed by atoms with van der Waals surface area (Å²) in [5.41, 5.74) is 4.66. The number of benzene rings is 1. The van der Waals surface area contributed by atoms with Crippen LogP contribution in [0.4, 0.5) is 0 Å². The molecule has 0 N–H and O–H groups in total. The molecule has 1 aromatic heterocycles. The van der Waals surface area contributed by atoms with Crippen LogP contribution < -0.4 is 0 Å². The Balaban J connectivity index is 2.55. The Morgan fingerprint density at radius 2 is 1.81 bits per heavy atom. The van der Waals surface area contributed by atoms with Crippen LogP contribution in [0.2, 0.25) is 0 Å². The van der Waals surface area contributed by atoms with Gasteiger partial charge in [-0.1, -0.05) is 24.3 Å². The molecule has 1 aromatic carbocycles. The van der Waals surface area contributed by atoms with Gasteiger partial charge in [0.25, 0.3) is 0 Å². The van der Waals surface area contributed by atoms with Crippen molar-refractivity contribution in [2.24, 2.45) is 0 Å². The van der Waals surface area contributed by atoms with Gasteiger partial charge in [0.05, 0.1) is 17.0 Å². The van der Waals surface area contributed by atoms with Crippen LogP contribution in [0, 0.1) is 25.2 Å². The Labute approximate surface area is 95.2 Å². The van der Waals surface area contributed by atoms with Gasteiger partial charge in [-0.25, -0.2) is 0 Å². The minimum atomic E-state index is 0.636. The summed E-state index contributed by atoms with van der Waals surface area (Å²) in [4.78, 5) is 4.45. The quantitative estimate of drug-likeness (QED) is 0.721. The lowest BCUT2D eigenvalue weighted by molar-refractivity contribution is 1.18. The van der Waals surface area contributed by atoms with Gasteiger partial charge in [-0.05, 0) is 31.5 Å². The molecule has 2 aromatic rings. The summed E-state index contributed by atoms with van der Waals surface area (Å²) >= 11 is 0. The maximum atomic E-state index is 8.84. The van der Waals surface area contributed by atoms with Gasteiger partial charge in [0.15, 0.2) is 0 Å². The maximum Gasteiger partial charge on any atom is 0.101 e. The first kappa shape index (κ1) is 10.4. The van der Waals surface area contributed by atoms with Crippen LogP contribution in [-0.4, -0.2) is 4.98 Å². The minimum absolute atomic E-state index is 0.636. The van der Waals surface area contributed by atoms with Gasteiger partial charge in [0.1, 0.15) is 6.07 Å². The van der Waals surface area contributed by atoms with Crippen LogP contribution in [0.3, 0.4) is 0 Å². The number of hydrogen-bond donors (Lipinski definition) is 0. The zero-order chi connectivity index (χ0) is 11.5. The monoisotopic (exact) mass is 208 g/mol. The SMILES string of the molecule is Cc1ccccc1-c1ccc(C#N)c(C)n1. The van der Waals surface area contributed by atoms with Gasteiger partial charge in [-0.3, -0.25) is 4.98 Å². The summed E-state index contributed by atoms with van der Waals surface area (Å²) in [6.07, 6.45) is 0. The van der Waals surface area contributed by atoms with Gasteiger partial charge in [-0.2, -0.15) is 5.26 Å². The van der Waals surface area contributed by atoms with Crippen molar-refractivity contribution in [3.63, 3.8) is 0 Å². The molecule has 0 radical (unpaired) electrons. The van der Waals surface area contributed by atoms with Crippen molar-refractivity contribution in [2.75, 3.05) is 0 Å². The van der Waals surface area contributed by atoms with Crippen molar-refractivity contribution < 1.29 is 0 Å². The first-order chi connectivity index (χ1) is 7.72. The first-order valence-corrected chi connectivity index (χ1v) is 5.16. The molecule has 0 saturated heterocycles.